The molecule has 80 valence electrons. The molecule has 4 nitrogen and oxygen atoms in total. The first-order chi connectivity index (χ1) is 7.09. The van der Waals surface area contributed by atoms with Crippen molar-refractivity contribution in [3.63, 3.8) is 0 Å². The number of hydrogen-bond donors (Lipinski definition) is 2. The summed E-state index contributed by atoms with van der Waals surface area (Å²) < 4.78 is 0. The zero-order chi connectivity index (χ0) is 11.0. The monoisotopic (exact) mass is 206 g/mol. The van der Waals surface area contributed by atoms with Crippen LogP contribution in [-0.4, -0.2) is 24.7 Å². The minimum absolute atomic E-state index is 0.264. The van der Waals surface area contributed by atoms with Crippen LogP contribution in [0, 0.1) is 0 Å². The number of hydrogen-bond acceptors (Lipinski definition) is 3. The fourth-order valence-corrected chi connectivity index (χ4v) is 2.03. The molecule has 0 aliphatic carbocycles. The molecule has 1 heterocycles. The maximum Gasteiger partial charge on any atom is 0.335 e. The molecular formula is C11H14N2O2. The number of aromatic carboxylic acids is 1. The van der Waals surface area contributed by atoms with E-state index >= 15 is 0 Å². The van der Waals surface area contributed by atoms with Crippen molar-refractivity contribution in [1.29, 1.82) is 0 Å². The highest BCUT2D eigenvalue weighted by atomic mass is 16.4. The molecule has 0 saturated carbocycles. The van der Waals surface area contributed by atoms with E-state index in [1.165, 1.54) is 0 Å². The first kappa shape index (κ1) is 9.83. The summed E-state index contributed by atoms with van der Waals surface area (Å²) in [4.78, 5) is 12.9. The highest BCUT2D eigenvalue weighted by Crippen LogP contribution is 2.31. The number of benzene rings is 1. The molecule has 0 spiro atoms. The lowest BCUT2D eigenvalue weighted by molar-refractivity contribution is 0.0697. The molecule has 0 aromatic heterocycles. The third-order valence-corrected chi connectivity index (χ3v) is 2.84. The second kappa shape index (κ2) is 3.46. The Morgan fingerprint density at radius 2 is 2.27 bits per heavy atom. The smallest absolute Gasteiger partial charge is 0.335 e. The molecule has 1 aliphatic rings. The standard InChI is InChI=1S/C11H14N2O2/c1-13-4-2-3-8-9(12)5-7(11(14)15)6-10(8)13/h5-6H,2-4,12H2,1H3,(H,14,15). The van der Waals surface area contributed by atoms with Gasteiger partial charge in [-0.25, -0.2) is 4.79 Å². The molecular weight excluding hydrogens is 192 g/mol. The molecule has 2 rings (SSSR count). The van der Waals surface area contributed by atoms with E-state index < -0.39 is 5.97 Å². The fourth-order valence-electron chi connectivity index (χ4n) is 2.03. The number of rotatable bonds is 1. The largest absolute Gasteiger partial charge is 0.478 e. The number of nitrogens with two attached hydrogens (primary N) is 1. The lowest BCUT2D eigenvalue weighted by Crippen LogP contribution is -2.25. The zero-order valence-corrected chi connectivity index (χ0v) is 8.66. The van der Waals surface area contributed by atoms with Gasteiger partial charge < -0.3 is 15.7 Å². The summed E-state index contributed by atoms with van der Waals surface area (Å²) in [5, 5.41) is 8.92. The second-order valence-electron chi connectivity index (χ2n) is 3.89. The highest BCUT2D eigenvalue weighted by molar-refractivity contribution is 5.91. The van der Waals surface area contributed by atoms with Crippen molar-refractivity contribution in [2.24, 2.45) is 0 Å². The van der Waals surface area contributed by atoms with Crippen LogP contribution in [0.2, 0.25) is 0 Å². The first-order valence-corrected chi connectivity index (χ1v) is 4.96. The van der Waals surface area contributed by atoms with E-state index in [1.54, 1.807) is 12.1 Å². The van der Waals surface area contributed by atoms with E-state index in [1.807, 2.05) is 7.05 Å². The van der Waals surface area contributed by atoms with Gasteiger partial charge in [0.1, 0.15) is 0 Å². The van der Waals surface area contributed by atoms with Gasteiger partial charge in [-0.1, -0.05) is 0 Å². The Hall–Kier alpha value is -1.71. The summed E-state index contributed by atoms with van der Waals surface area (Å²) >= 11 is 0. The average Bonchev–Trinajstić information content (AvgIpc) is 2.19. The average molecular weight is 206 g/mol. The predicted octanol–water partition coefficient (Wildman–Crippen LogP) is 1.35. The van der Waals surface area contributed by atoms with Crippen LogP contribution in [0.15, 0.2) is 12.1 Å². The number of anilines is 2. The first-order valence-electron chi connectivity index (χ1n) is 4.96. The minimum atomic E-state index is -0.927. The summed E-state index contributed by atoms with van der Waals surface area (Å²) in [5.74, 6) is -0.927. The van der Waals surface area contributed by atoms with Crippen LogP contribution in [0.4, 0.5) is 11.4 Å². The van der Waals surface area contributed by atoms with Gasteiger partial charge in [0, 0.05) is 25.0 Å². The predicted molar refractivity (Wildman–Crippen MR) is 59.4 cm³/mol. The van der Waals surface area contributed by atoms with Crippen LogP contribution in [0.5, 0.6) is 0 Å². The fraction of sp³-hybridized carbons (Fsp3) is 0.364. The maximum absolute atomic E-state index is 10.9. The van der Waals surface area contributed by atoms with Crippen molar-refractivity contribution in [3.8, 4) is 0 Å². The maximum atomic E-state index is 10.9. The van der Waals surface area contributed by atoms with Crippen molar-refractivity contribution < 1.29 is 9.90 Å². The molecule has 0 unspecified atom stereocenters. The van der Waals surface area contributed by atoms with E-state index in [-0.39, 0.29) is 5.56 Å². The molecule has 4 heteroatoms. The Balaban J connectivity index is 2.56. The summed E-state index contributed by atoms with van der Waals surface area (Å²) in [5.41, 5.74) is 8.74. The Labute approximate surface area is 88.3 Å². The topological polar surface area (TPSA) is 66.6 Å². The van der Waals surface area contributed by atoms with Crippen molar-refractivity contribution >= 4 is 17.3 Å². The molecule has 3 N–H and O–H groups in total. The summed E-state index contributed by atoms with van der Waals surface area (Å²) in [6.45, 7) is 0.954. The minimum Gasteiger partial charge on any atom is -0.478 e. The number of carbonyl (C=O) groups is 1. The number of nitrogens with zero attached hydrogens (tertiary/aromatic N) is 1. The van der Waals surface area contributed by atoms with Crippen molar-refractivity contribution in [2.45, 2.75) is 12.8 Å². The van der Waals surface area contributed by atoms with Crippen LogP contribution in [0.1, 0.15) is 22.3 Å². The van der Waals surface area contributed by atoms with Gasteiger partial charge in [-0.2, -0.15) is 0 Å². The second-order valence-corrected chi connectivity index (χ2v) is 3.89. The normalized spacial score (nSPS) is 14.9. The van der Waals surface area contributed by atoms with Crippen molar-refractivity contribution in [1.82, 2.24) is 0 Å². The Morgan fingerprint density at radius 1 is 1.53 bits per heavy atom. The van der Waals surface area contributed by atoms with E-state index in [0.29, 0.717) is 5.69 Å². The van der Waals surface area contributed by atoms with E-state index in [2.05, 4.69) is 4.90 Å². The van der Waals surface area contributed by atoms with E-state index in [0.717, 1.165) is 30.6 Å². The third kappa shape index (κ3) is 1.63. The van der Waals surface area contributed by atoms with Gasteiger partial charge >= 0.3 is 5.97 Å². The van der Waals surface area contributed by atoms with Crippen LogP contribution in [0.3, 0.4) is 0 Å². The number of fused-ring (bicyclic) bond motifs is 1. The molecule has 0 atom stereocenters. The number of carboxylic acids is 1. The summed E-state index contributed by atoms with van der Waals surface area (Å²) in [7, 11) is 1.96. The van der Waals surface area contributed by atoms with Gasteiger partial charge in [-0.3, -0.25) is 0 Å². The molecule has 0 radical (unpaired) electrons. The molecule has 1 aromatic carbocycles. The number of nitrogen functional groups attached to an aromatic ring is 1. The van der Waals surface area contributed by atoms with Crippen LogP contribution < -0.4 is 10.6 Å². The summed E-state index contributed by atoms with van der Waals surface area (Å²) in [6, 6.07) is 3.24. The van der Waals surface area contributed by atoms with Gasteiger partial charge in [0.25, 0.3) is 0 Å². The highest BCUT2D eigenvalue weighted by Gasteiger charge is 2.18. The van der Waals surface area contributed by atoms with Crippen LogP contribution >= 0.6 is 0 Å². The van der Waals surface area contributed by atoms with E-state index in [9.17, 15) is 4.79 Å². The zero-order valence-electron chi connectivity index (χ0n) is 8.66. The van der Waals surface area contributed by atoms with Gasteiger partial charge in [-0.15, -0.1) is 0 Å². The summed E-state index contributed by atoms with van der Waals surface area (Å²) in [6.07, 6.45) is 2.01. The Morgan fingerprint density at radius 3 is 2.93 bits per heavy atom. The lowest BCUT2D eigenvalue weighted by atomic mass is 9.98. The molecule has 0 amide bonds. The van der Waals surface area contributed by atoms with Gasteiger partial charge in [0.15, 0.2) is 0 Å². The third-order valence-electron chi connectivity index (χ3n) is 2.84. The quantitative estimate of drug-likeness (QED) is 0.681. The van der Waals surface area contributed by atoms with Gasteiger partial charge in [0.2, 0.25) is 0 Å². The SMILES string of the molecule is CN1CCCc2c(N)cc(C(=O)O)cc21. The lowest BCUT2D eigenvalue weighted by Gasteiger charge is -2.28. The Kier molecular flexibility index (Phi) is 2.26. The van der Waals surface area contributed by atoms with Crippen molar-refractivity contribution in [2.75, 3.05) is 24.2 Å². The molecule has 1 aliphatic heterocycles. The van der Waals surface area contributed by atoms with E-state index in [4.69, 9.17) is 10.8 Å². The van der Waals surface area contributed by atoms with Gasteiger partial charge in [-0.05, 0) is 30.5 Å². The molecule has 1 aromatic rings. The Bertz CT molecular complexity index is 415. The molecule has 0 saturated heterocycles. The van der Waals surface area contributed by atoms with Crippen LogP contribution in [-0.2, 0) is 6.42 Å². The molecule has 0 fully saturated rings. The number of carboxylic acid groups (broad SMARTS) is 1. The molecule has 0 bridgehead atoms. The van der Waals surface area contributed by atoms with Crippen LogP contribution in [0.25, 0.3) is 0 Å². The van der Waals surface area contributed by atoms with Crippen molar-refractivity contribution in [3.05, 3.63) is 23.3 Å². The molecule has 15 heavy (non-hydrogen) atoms. The van der Waals surface area contributed by atoms with Gasteiger partial charge in [0.05, 0.1) is 5.56 Å².